The van der Waals surface area contributed by atoms with E-state index in [4.69, 9.17) is 20.9 Å². The van der Waals surface area contributed by atoms with Gasteiger partial charge in [0.2, 0.25) is 53.2 Å². The zero-order chi connectivity index (χ0) is 60.4. The van der Waals surface area contributed by atoms with Crippen LogP contribution in [0, 0.1) is 5.92 Å². The van der Waals surface area contributed by atoms with E-state index in [0.29, 0.717) is 0 Å². The molecule has 33 heteroatoms. The van der Waals surface area contributed by atoms with Gasteiger partial charge in [-0.25, -0.2) is 9.59 Å². The van der Waals surface area contributed by atoms with Gasteiger partial charge < -0.3 is 94.5 Å². The van der Waals surface area contributed by atoms with E-state index in [0.717, 1.165) is 13.8 Å². The number of carbonyl (C=O) groups excluding carboxylic acids is 12. The summed E-state index contributed by atoms with van der Waals surface area (Å²) in [7, 11) is 0. The van der Waals surface area contributed by atoms with Gasteiger partial charge in [0.15, 0.2) is 5.78 Å². The third-order valence-electron chi connectivity index (χ3n) is 11.4. The molecule has 1 aromatic rings. The number of nitrogens with one attached hydrogen (secondary N) is 10. The van der Waals surface area contributed by atoms with E-state index < -0.39 is 195 Å². The lowest BCUT2D eigenvalue weighted by Gasteiger charge is -2.28. The van der Waals surface area contributed by atoms with Crippen molar-refractivity contribution in [3.05, 3.63) is 42.5 Å². The number of carbonyl (C=O) groups is 15. The Morgan fingerprint density at radius 3 is 1.81 bits per heavy atom. The van der Waals surface area contributed by atoms with Crippen LogP contribution in [0.2, 0.25) is 0 Å². The second-order valence-corrected chi connectivity index (χ2v) is 17.9. The molecule has 1 saturated heterocycles. The van der Waals surface area contributed by atoms with Crippen LogP contribution in [-0.4, -0.2) is 197 Å². The maximum absolute atomic E-state index is 14.1. The van der Waals surface area contributed by atoms with Gasteiger partial charge in [-0.2, -0.15) is 0 Å². The van der Waals surface area contributed by atoms with Gasteiger partial charge in [-0.05, 0) is 44.7 Å². The summed E-state index contributed by atoms with van der Waals surface area (Å²) in [5.41, 5.74) is 11.9. The minimum atomic E-state index is -2.02. The van der Waals surface area contributed by atoms with Crippen molar-refractivity contribution in [2.45, 2.75) is 114 Å². The molecule has 10 amide bonds. The second-order valence-electron chi connectivity index (χ2n) is 17.9. The molecule has 0 spiro atoms. The first kappa shape index (κ1) is 66.8. The summed E-state index contributed by atoms with van der Waals surface area (Å²) in [6.07, 6.45) is -5.75. The lowest BCUT2D eigenvalue weighted by molar-refractivity contribution is -0.155. The van der Waals surface area contributed by atoms with Crippen molar-refractivity contribution in [3.8, 4) is 0 Å². The molecule has 2 rings (SSSR count). The molecular formula is C47H66N12O21. The maximum Gasteiger partial charge on any atom is 0.407 e. The summed E-state index contributed by atoms with van der Waals surface area (Å²) in [6, 6.07) is -9.61. The van der Waals surface area contributed by atoms with Gasteiger partial charge >= 0.3 is 30.0 Å². The van der Waals surface area contributed by atoms with E-state index in [-0.39, 0.29) is 37.2 Å². The molecule has 0 aliphatic carbocycles. The van der Waals surface area contributed by atoms with E-state index in [1.165, 1.54) is 37.3 Å². The number of Topliss-reactive ketones (excluding diaryl/α,β-unsaturated/α-hetero) is 1. The summed E-state index contributed by atoms with van der Waals surface area (Å²) in [4.78, 5) is 196. The highest BCUT2D eigenvalue weighted by atomic mass is 16.6. The van der Waals surface area contributed by atoms with Crippen molar-refractivity contribution < 1.29 is 102 Å². The SMILES string of the molecule is C=CCOC(=O)NCCC[C@@H]1NC(=O)CNC(=O)[C@@H](N)[C@@H](C)OC(=O)[C@H](CC(=O)c2ccccc2N)NC(=O)[C@H](C(C)CC(=O)O)NC(=O)[C@@H](CO)NC(=O)CNC(=O)[C@H](CC(=O)O)NC(=O)[C@@H](C)NC(=O)[C@H](CC(=O)O)NC1=O. The number of ketones is 1. The first-order valence-electron chi connectivity index (χ1n) is 24.4. The number of aliphatic hydroxyl groups is 1. The molecule has 33 nitrogen and oxygen atoms in total. The molecule has 1 aliphatic heterocycles. The predicted molar refractivity (Wildman–Crippen MR) is 270 cm³/mol. The van der Waals surface area contributed by atoms with Gasteiger partial charge in [-0.3, -0.25) is 62.3 Å². The molecule has 0 radical (unpaired) electrons. The van der Waals surface area contributed by atoms with E-state index in [1.807, 2.05) is 16.0 Å². The second kappa shape index (κ2) is 33.1. The average Bonchev–Trinajstić information content (AvgIpc) is 3.38. The number of ether oxygens (including phenoxy) is 2. The minimum absolute atomic E-state index is 0.0599. The highest BCUT2D eigenvalue weighted by Crippen LogP contribution is 2.17. The monoisotopic (exact) mass is 1130 g/mol. The highest BCUT2D eigenvalue weighted by Gasteiger charge is 2.38. The van der Waals surface area contributed by atoms with Crippen molar-refractivity contribution in [1.29, 1.82) is 0 Å². The molecule has 1 fully saturated rings. The number of aliphatic hydroxyl groups excluding tert-OH is 1. The number of carboxylic acids is 3. The third-order valence-corrected chi connectivity index (χ3v) is 11.4. The fraction of sp³-hybridized carbons (Fsp3) is 0.511. The first-order chi connectivity index (χ1) is 37.6. The Bertz CT molecular complexity index is 2510. The Labute approximate surface area is 455 Å². The molecule has 0 aromatic heterocycles. The molecule has 80 heavy (non-hydrogen) atoms. The van der Waals surface area contributed by atoms with Gasteiger partial charge in [-0.1, -0.05) is 31.7 Å². The highest BCUT2D eigenvalue weighted by molar-refractivity contribution is 6.04. The smallest absolute Gasteiger partial charge is 0.407 e. The molecule has 1 unspecified atom stereocenters. The van der Waals surface area contributed by atoms with Crippen LogP contribution in [0.4, 0.5) is 10.5 Å². The molecule has 0 bridgehead atoms. The summed E-state index contributed by atoms with van der Waals surface area (Å²) in [6.45, 7) is 3.11. The minimum Gasteiger partial charge on any atom is -0.481 e. The van der Waals surface area contributed by atoms with E-state index in [1.54, 1.807) is 0 Å². The Morgan fingerprint density at radius 2 is 1.24 bits per heavy atom. The van der Waals surface area contributed by atoms with Crippen LogP contribution in [0.25, 0.3) is 0 Å². The molecule has 10 atom stereocenters. The van der Waals surface area contributed by atoms with Gasteiger partial charge in [0.1, 0.15) is 61.0 Å². The standard InChI is InChI=1S/C47H66N12O21/c1-5-13-79-47(78)50-12-8-11-26-41(72)57-28(17-36(68)69)42(73)53-22(3)39(70)56-27(16-35(66)67)40(71)51-18-33(63)55-30(20-60)43(74)59-38(21(2)14-34(64)65)45(76)58-29(15-31(61)24-9-6-7-10-25(24)48)46(77)80-23(4)37(49)44(75)52-19-32(62)54-26/h5-7,9-10,21-23,26-30,37-38,60H,1,8,11-20,48-49H2,2-4H3,(H,50,78)(H,51,71)(H,52,75)(H,53,73)(H,54,62)(H,55,63)(H,56,70)(H,57,72)(H,58,76)(H,59,74)(H,64,65)(H,66,67)(H,68,69)/t21?,22-,23-,26+,27+,28+,29+,30-,37+,38+/m1/s1. The average molecular weight is 1140 g/mol. The molecular weight excluding hydrogens is 1070 g/mol. The van der Waals surface area contributed by atoms with E-state index >= 15 is 0 Å². The van der Waals surface area contributed by atoms with Crippen LogP contribution in [-0.2, 0) is 71.8 Å². The number of hydrogen-bond acceptors (Lipinski definition) is 20. The topological polar surface area (TPSA) is 528 Å². The maximum atomic E-state index is 14.1. The molecule has 1 aliphatic rings. The van der Waals surface area contributed by atoms with E-state index in [2.05, 4.69) is 43.8 Å². The number of benzene rings is 1. The number of nitrogen functional groups attached to an aromatic ring is 1. The number of aliphatic carboxylic acids is 3. The van der Waals surface area contributed by atoms with Crippen LogP contribution < -0.4 is 64.6 Å². The third kappa shape index (κ3) is 23.1. The molecule has 18 N–H and O–H groups in total. The quantitative estimate of drug-likeness (QED) is 0.0227. The first-order valence-corrected chi connectivity index (χ1v) is 24.4. The Kier molecular flexibility index (Phi) is 27.7. The number of esters is 1. The Balaban J connectivity index is 2.67. The predicted octanol–water partition coefficient (Wildman–Crippen LogP) is -6.50. The van der Waals surface area contributed by atoms with Crippen LogP contribution in [0.1, 0.15) is 69.7 Å². The van der Waals surface area contributed by atoms with Crippen molar-refractivity contribution in [1.82, 2.24) is 53.2 Å². The van der Waals surface area contributed by atoms with Crippen molar-refractivity contribution in [3.63, 3.8) is 0 Å². The number of amides is 10. The summed E-state index contributed by atoms with van der Waals surface area (Å²) >= 11 is 0. The Hall–Kier alpha value is -9.27. The molecule has 1 aromatic carbocycles. The van der Waals surface area contributed by atoms with Crippen LogP contribution in [0.5, 0.6) is 0 Å². The fourth-order valence-corrected chi connectivity index (χ4v) is 7.09. The number of para-hydroxylation sites is 1. The summed E-state index contributed by atoms with van der Waals surface area (Å²) in [5.74, 6) is -19.8. The molecule has 440 valence electrons. The zero-order valence-electron chi connectivity index (χ0n) is 43.5. The number of alkyl carbamates (subject to hydrolysis) is 1. The van der Waals surface area contributed by atoms with Gasteiger partial charge in [0, 0.05) is 24.2 Å². The zero-order valence-corrected chi connectivity index (χ0v) is 43.5. The number of nitrogens with two attached hydrogens (primary N) is 2. The number of carboxylic acid groups (broad SMARTS) is 3. The van der Waals surface area contributed by atoms with Crippen molar-refractivity contribution in [2.24, 2.45) is 11.7 Å². The van der Waals surface area contributed by atoms with Crippen LogP contribution in [0.3, 0.4) is 0 Å². The lowest BCUT2D eigenvalue weighted by Crippen LogP contribution is -2.60. The molecule has 0 saturated carbocycles. The van der Waals surface area contributed by atoms with Crippen LogP contribution >= 0.6 is 0 Å². The van der Waals surface area contributed by atoms with Crippen molar-refractivity contribution in [2.75, 3.05) is 38.6 Å². The van der Waals surface area contributed by atoms with Gasteiger partial charge in [0.05, 0.1) is 39.0 Å². The van der Waals surface area contributed by atoms with Gasteiger partial charge in [-0.15, -0.1) is 0 Å². The summed E-state index contributed by atoms with van der Waals surface area (Å²) < 4.78 is 10.2. The largest absolute Gasteiger partial charge is 0.481 e. The van der Waals surface area contributed by atoms with Crippen molar-refractivity contribution >= 4 is 94.6 Å². The van der Waals surface area contributed by atoms with Gasteiger partial charge in [0.25, 0.3) is 0 Å². The lowest BCUT2D eigenvalue weighted by atomic mass is 9.96. The fourth-order valence-electron chi connectivity index (χ4n) is 7.09. The Morgan fingerprint density at radius 1 is 0.700 bits per heavy atom. The van der Waals surface area contributed by atoms with Crippen LogP contribution in [0.15, 0.2) is 36.9 Å². The summed E-state index contributed by atoms with van der Waals surface area (Å²) in [5, 5.41) is 60.4. The normalized spacial score (nSPS) is 24.2. The van der Waals surface area contributed by atoms with E-state index in [9.17, 15) is 92.3 Å². The number of cyclic esters (lactones) is 1. The number of anilines is 1. The number of hydrogen-bond donors (Lipinski definition) is 16. The number of rotatable bonds is 17. The molecule has 1 heterocycles.